The molecule has 6 aliphatic heterocycles. The van der Waals surface area contributed by atoms with E-state index in [1.807, 2.05) is 0 Å². The van der Waals surface area contributed by atoms with Gasteiger partial charge in [-0.25, -0.2) is 4.79 Å². The SMILES string of the molecule is CC(=O)N[C@H]1[C@H](O[C@H]2[C@@H](O)[C@@H](CO[C@]3(C(=O)O)C[C@H](O)[C@@H](NC(C)=O)[C@H]([C@H](O)[C@H](O)CO)O3)OC(O)[C@@H]2NC(C)=O)O[C@H](CO)[C@@H](O[C@@H]2O[C@H](CO)[C@H](O)[C@H](O)[C@H]2O[C@@H]2O[C@@H](C)[C@@H](O)[C@@H](O)[C@@H]2O)[C@@H]1O[C@@H]1O[C@@H](C)[C@@H](O)[C@@H](O)[C@@H]1O. The van der Waals surface area contributed by atoms with E-state index in [-0.39, 0.29) is 0 Å². The Morgan fingerprint density at radius 3 is 1.52 bits per heavy atom. The van der Waals surface area contributed by atoms with E-state index in [9.17, 15) is 106 Å². The smallest absolute Gasteiger partial charge is 0.364 e. The first-order valence-corrected chi connectivity index (χ1v) is 25.4. The third-order valence-corrected chi connectivity index (χ3v) is 14.5. The zero-order chi connectivity index (χ0) is 59.6. The van der Waals surface area contributed by atoms with Crippen molar-refractivity contribution in [2.75, 3.05) is 26.4 Å². The molecule has 0 aromatic rings. The van der Waals surface area contributed by atoms with E-state index in [0.29, 0.717) is 0 Å². The molecule has 6 aliphatic rings. The van der Waals surface area contributed by atoms with Gasteiger partial charge in [-0.2, -0.15) is 0 Å². The first kappa shape index (κ1) is 65.9. The van der Waals surface area contributed by atoms with Crippen molar-refractivity contribution < 1.29 is 158 Å². The van der Waals surface area contributed by atoms with Crippen LogP contribution < -0.4 is 16.0 Å². The van der Waals surface area contributed by atoms with Crippen molar-refractivity contribution in [1.82, 2.24) is 16.0 Å². The molecule has 35 nitrogen and oxygen atoms in total. The molecule has 6 saturated heterocycles. The first-order valence-electron chi connectivity index (χ1n) is 25.4. The fourth-order valence-corrected chi connectivity index (χ4v) is 10.2. The first-order chi connectivity index (χ1) is 37.5. The monoisotopic (exact) mass is 1170 g/mol. The second kappa shape index (κ2) is 27.7. The Bertz CT molecular complexity index is 2060. The summed E-state index contributed by atoms with van der Waals surface area (Å²) in [4.78, 5) is 51.0. The summed E-state index contributed by atoms with van der Waals surface area (Å²) in [5.41, 5.74) is 0. The fraction of sp³-hybridized carbons (Fsp3) is 0.911. The Morgan fingerprint density at radius 2 is 1.01 bits per heavy atom. The molecule has 0 radical (unpaired) electrons. The summed E-state index contributed by atoms with van der Waals surface area (Å²) in [7, 11) is 0. The van der Waals surface area contributed by atoms with Crippen LogP contribution >= 0.6 is 0 Å². The number of aliphatic hydroxyl groups is 16. The van der Waals surface area contributed by atoms with Crippen molar-refractivity contribution in [2.45, 2.75) is 231 Å². The van der Waals surface area contributed by atoms with Crippen molar-refractivity contribution in [1.29, 1.82) is 0 Å². The molecule has 3 amide bonds. The lowest BCUT2D eigenvalue weighted by Crippen LogP contribution is -2.72. The quantitative estimate of drug-likeness (QED) is 0.0538. The van der Waals surface area contributed by atoms with Crippen molar-refractivity contribution in [3.8, 4) is 0 Å². The topological polar surface area (TPSA) is 550 Å². The second-order valence-electron chi connectivity index (χ2n) is 20.4. The molecule has 6 rings (SSSR count). The zero-order valence-electron chi connectivity index (χ0n) is 43.6. The molecule has 462 valence electrons. The molecule has 35 heteroatoms. The number of carboxylic acid groups (broad SMARTS) is 1. The predicted octanol–water partition coefficient (Wildman–Crippen LogP) is -12.4. The van der Waals surface area contributed by atoms with E-state index in [0.717, 1.165) is 20.8 Å². The van der Waals surface area contributed by atoms with E-state index < -0.39 is 246 Å². The lowest BCUT2D eigenvalue weighted by Gasteiger charge is -2.52. The molecule has 0 bridgehead atoms. The highest BCUT2D eigenvalue weighted by Gasteiger charge is 2.60. The summed E-state index contributed by atoms with van der Waals surface area (Å²) in [6, 6.07) is -5.39. The van der Waals surface area contributed by atoms with Gasteiger partial charge in [0.15, 0.2) is 31.5 Å². The maximum absolute atomic E-state index is 13.2. The van der Waals surface area contributed by atoms with Gasteiger partial charge in [-0.1, -0.05) is 0 Å². The van der Waals surface area contributed by atoms with E-state index in [1.165, 1.54) is 13.8 Å². The van der Waals surface area contributed by atoms with Crippen LogP contribution in [0.5, 0.6) is 0 Å². The van der Waals surface area contributed by atoms with Crippen LogP contribution in [0.3, 0.4) is 0 Å². The van der Waals surface area contributed by atoms with E-state index in [4.69, 9.17) is 52.1 Å². The van der Waals surface area contributed by atoms with Crippen molar-refractivity contribution in [3.05, 3.63) is 0 Å². The summed E-state index contributed by atoms with van der Waals surface area (Å²) in [6.07, 6.45) is -53.5. The molecule has 1 unspecified atom stereocenters. The second-order valence-corrected chi connectivity index (χ2v) is 20.4. The van der Waals surface area contributed by atoms with Crippen molar-refractivity contribution >= 4 is 23.7 Å². The van der Waals surface area contributed by atoms with Crippen LogP contribution in [0, 0.1) is 0 Å². The van der Waals surface area contributed by atoms with Gasteiger partial charge in [0.25, 0.3) is 5.79 Å². The molecule has 31 atom stereocenters. The van der Waals surface area contributed by atoms with Crippen LogP contribution in [-0.4, -0.2) is 327 Å². The van der Waals surface area contributed by atoms with Crippen LogP contribution in [0.4, 0.5) is 0 Å². The van der Waals surface area contributed by atoms with E-state index in [2.05, 4.69) is 16.0 Å². The molecule has 0 aromatic carbocycles. The lowest BCUT2D eigenvalue weighted by atomic mass is 9.88. The normalized spacial score (nSPS) is 47.1. The maximum atomic E-state index is 13.2. The molecule has 6 heterocycles. The van der Waals surface area contributed by atoms with Gasteiger partial charge in [0.05, 0.1) is 50.8 Å². The number of amides is 3. The number of aliphatic carboxylic acids is 1. The Kier molecular flexibility index (Phi) is 22.8. The van der Waals surface area contributed by atoms with E-state index >= 15 is 0 Å². The number of carbonyl (C=O) groups excluding carboxylic acids is 3. The largest absolute Gasteiger partial charge is 0.477 e. The van der Waals surface area contributed by atoms with Crippen LogP contribution in [-0.2, 0) is 71.3 Å². The van der Waals surface area contributed by atoms with Crippen molar-refractivity contribution in [3.63, 3.8) is 0 Å². The minimum Gasteiger partial charge on any atom is -0.477 e. The molecule has 80 heavy (non-hydrogen) atoms. The third kappa shape index (κ3) is 14.3. The predicted molar refractivity (Wildman–Crippen MR) is 248 cm³/mol. The van der Waals surface area contributed by atoms with Gasteiger partial charge in [-0.05, 0) is 13.8 Å². The van der Waals surface area contributed by atoms with Gasteiger partial charge in [-0.15, -0.1) is 0 Å². The fourth-order valence-electron chi connectivity index (χ4n) is 10.2. The summed E-state index contributed by atoms with van der Waals surface area (Å²) < 4.78 is 64.8. The summed E-state index contributed by atoms with van der Waals surface area (Å²) in [5, 5.41) is 191. The average Bonchev–Trinajstić information content (AvgIpc) is 3.59. The van der Waals surface area contributed by atoms with Crippen LogP contribution in [0.2, 0.25) is 0 Å². The van der Waals surface area contributed by atoms with Crippen LogP contribution in [0.1, 0.15) is 41.0 Å². The standard InChI is InChI=1S/C45H75N3O32/c1-11-24(57)29(62)32(65)41(71-11)78-37-23(48-15(5)54)40(75-19(9-51)34(37)76-43-38(31(64)27(60)18(8-50)74-43)79-42-33(66)30(63)25(58)12(2)72-42)77-35-22(47-14(4)53)39(67)73-20(28(35)61)10-70-45(44(68)69)6-16(55)21(46-13(3)52)36(80-45)26(59)17(56)7-49/h11-12,16-43,49-51,55-67H,6-10H2,1-5H3,(H,46,52)(H,47,53)(H,48,54)(H,68,69)/t11-,12-,16-,17+,18+,19+,20+,21+,22+,23+,24+,25+,26+,27-,28-,29+,30+,31-,32-,33-,34+,35+,36+,37+,38+,39?,40-,41-,42-,43-,45+/m0/s1. The van der Waals surface area contributed by atoms with Gasteiger partial charge in [0.1, 0.15) is 128 Å². The molecule has 0 saturated carbocycles. The highest BCUT2D eigenvalue weighted by Crippen LogP contribution is 2.39. The zero-order valence-corrected chi connectivity index (χ0v) is 43.6. The number of rotatable bonds is 20. The van der Waals surface area contributed by atoms with Gasteiger partial charge >= 0.3 is 5.97 Å². The van der Waals surface area contributed by atoms with Gasteiger partial charge in [0.2, 0.25) is 17.7 Å². The molecular weight excluding hydrogens is 1090 g/mol. The Labute approximate surface area is 454 Å². The number of nitrogens with one attached hydrogen (secondary N) is 3. The van der Waals surface area contributed by atoms with Crippen molar-refractivity contribution in [2.24, 2.45) is 0 Å². The third-order valence-electron chi connectivity index (χ3n) is 14.5. The van der Waals surface area contributed by atoms with Gasteiger partial charge < -0.3 is 155 Å². The van der Waals surface area contributed by atoms with Gasteiger partial charge in [-0.3, -0.25) is 14.4 Å². The maximum Gasteiger partial charge on any atom is 0.364 e. The highest BCUT2D eigenvalue weighted by molar-refractivity contribution is 5.77. The molecule has 0 aliphatic carbocycles. The number of hydrogen-bond acceptors (Lipinski definition) is 31. The number of aliphatic hydroxyl groups excluding tert-OH is 16. The van der Waals surface area contributed by atoms with E-state index in [1.54, 1.807) is 0 Å². The van der Waals surface area contributed by atoms with Crippen LogP contribution in [0.25, 0.3) is 0 Å². The summed E-state index contributed by atoms with van der Waals surface area (Å²) in [5.74, 6) is -7.64. The molecule has 0 aromatic heterocycles. The minimum atomic E-state index is -3.03. The minimum absolute atomic E-state index is 0.799. The summed E-state index contributed by atoms with van der Waals surface area (Å²) in [6.45, 7) is 1.09. The highest BCUT2D eigenvalue weighted by atomic mass is 16.8. The Morgan fingerprint density at radius 1 is 0.525 bits per heavy atom. The number of carbonyl (C=O) groups is 4. The Balaban J connectivity index is 1.38. The number of carboxylic acids is 1. The van der Waals surface area contributed by atoms with Gasteiger partial charge in [0, 0.05) is 27.2 Å². The number of ether oxygens (including phenoxy) is 11. The summed E-state index contributed by atoms with van der Waals surface area (Å²) >= 11 is 0. The molecule has 0 spiro atoms. The number of hydrogen-bond donors (Lipinski definition) is 20. The lowest BCUT2D eigenvalue weighted by molar-refractivity contribution is -0.396. The average molecular weight is 1170 g/mol. The van der Waals surface area contributed by atoms with Crippen LogP contribution in [0.15, 0.2) is 0 Å². The molecule has 6 fully saturated rings. The Hall–Kier alpha value is -3.20. The molecular formula is C45H75N3O32. The molecule has 20 N–H and O–H groups in total.